The van der Waals surface area contributed by atoms with Gasteiger partial charge >= 0.3 is 0 Å². The Labute approximate surface area is 134 Å². The average molecular weight is 317 g/mol. The summed E-state index contributed by atoms with van der Waals surface area (Å²) in [5.74, 6) is -0.00799. The van der Waals surface area contributed by atoms with Crippen molar-refractivity contribution in [2.24, 2.45) is 5.92 Å². The molecule has 1 atom stereocenters. The molecule has 1 aromatic heterocycles. The Morgan fingerprint density at radius 1 is 1.14 bits per heavy atom. The highest BCUT2D eigenvalue weighted by Gasteiger charge is 2.25. The summed E-state index contributed by atoms with van der Waals surface area (Å²) < 4.78 is 13.2. The van der Waals surface area contributed by atoms with Gasteiger partial charge in [0.25, 0.3) is 0 Å². The molecule has 1 N–H and O–H groups in total. The Kier molecular flexibility index (Phi) is 4.88. The van der Waals surface area contributed by atoms with E-state index >= 15 is 0 Å². The Hall–Kier alpha value is -1.68. The van der Waals surface area contributed by atoms with Crippen molar-refractivity contribution in [3.63, 3.8) is 0 Å². The third kappa shape index (κ3) is 3.55. The lowest BCUT2D eigenvalue weighted by Crippen LogP contribution is -2.35. The molecule has 0 bridgehead atoms. The first kappa shape index (κ1) is 15.2. The van der Waals surface area contributed by atoms with Gasteiger partial charge in [-0.25, -0.2) is 4.39 Å². The van der Waals surface area contributed by atoms with E-state index in [0.717, 1.165) is 36.1 Å². The predicted molar refractivity (Wildman–Crippen MR) is 87.3 cm³/mol. The van der Waals surface area contributed by atoms with Crippen molar-refractivity contribution in [3.8, 4) is 0 Å². The molecule has 22 heavy (non-hydrogen) atoms. The number of benzene rings is 1. The number of carbonyl (C=O) groups is 1. The molecule has 0 radical (unpaired) electrons. The summed E-state index contributed by atoms with van der Waals surface area (Å²) in [5, 5.41) is 5.17. The van der Waals surface area contributed by atoms with Gasteiger partial charge in [-0.05, 0) is 42.0 Å². The van der Waals surface area contributed by atoms with Crippen LogP contribution in [0.2, 0.25) is 0 Å². The van der Waals surface area contributed by atoms with Crippen molar-refractivity contribution < 1.29 is 9.18 Å². The third-order valence-corrected chi connectivity index (χ3v) is 5.23. The summed E-state index contributed by atoms with van der Waals surface area (Å²) in [7, 11) is 0. The number of halogens is 1. The van der Waals surface area contributed by atoms with E-state index in [1.165, 1.54) is 18.6 Å². The van der Waals surface area contributed by atoms with Crippen molar-refractivity contribution in [1.82, 2.24) is 5.32 Å². The van der Waals surface area contributed by atoms with Crippen LogP contribution in [0.1, 0.15) is 48.6 Å². The summed E-state index contributed by atoms with van der Waals surface area (Å²) in [5.41, 5.74) is 0.924. The van der Waals surface area contributed by atoms with Crippen LogP contribution in [0, 0.1) is 11.7 Å². The molecule has 2 nitrogen and oxygen atoms in total. The van der Waals surface area contributed by atoms with E-state index in [1.807, 2.05) is 17.5 Å². The number of nitrogens with one attached hydrogen (secondary N) is 1. The van der Waals surface area contributed by atoms with Gasteiger partial charge in [0.1, 0.15) is 5.82 Å². The van der Waals surface area contributed by atoms with Gasteiger partial charge in [-0.3, -0.25) is 4.79 Å². The minimum atomic E-state index is -0.257. The SMILES string of the molecule is O=C(NC(c1ccc(F)cc1)c1cccs1)C1CCCCC1. The Morgan fingerprint density at radius 2 is 1.86 bits per heavy atom. The molecule has 1 heterocycles. The van der Waals surface area contributed by atoms with Crippen LogP contribution < -0.4 is 5.32 Å². The van der Waals surface area contributed by atoms with E-state index in [9.17, 15) is 9.18 Å². The van der Waals surface area contributed by atoms with E-state index in [2.05, 4.69) is 5.32 Å². The topological polar surface area (TPSA) is 29.1 Å². The fraction of sp³-hybridized carbons (Fsp3) is 0.389. The van der Waals surface area contributed by atoms with Crippen molar-refractivity contribution in [3.05, 3.63) is 58.0 Å². The van der Waals surface area contributed by atoms with Crippen molar-refractivity contribution in [2.45, 2.75) is 38.1 Å². The van der Waals surface area contributed by atoms with Crippen LogP contribution in [-0.4, -0.2) is 5.91 Å². The first-order valence-corrected chi connectivity index (χ1v) is 8.71. The van der Waals surface area contributed by atoms with Crippen molar-refractivity contribution in [1.29, 1.82) is 0 Å². The van der Waals surface area contributed by atoms with Gasteiger partial charge in [0.05, 0.1) is 6.04 Å². The molecule has 1 aliphatic rings. The van der Waals surface area contributed by atoms with Crippen LogP contribution in [-0.2, 0) is 4.79 Å². The first-order chi connectivity index (χ1) is 10.7. The second-order valence-corrected chi connectivity index (χ2v) is 6.82. The van der Waals surface area contributed by atoms with Gasteiger partial charge in [0, 0.05) is 10.8 Å². The van der Waals surface area contributed by atoms with Crippen LogP contribution >= 0.6 is 11.3 Å². The molecular weight excluding hydrogens is 297 g/mol. The van der Waals surface area contributed by atoms with E-state index in [0.29, 0.717) is 0 Å². The molecule has 0 saturated heterocycles. The van der Waals surface area contributed by atoms with E-state index in [1.54, 1.807) is 23.5 Å². The standard InChI is InChI=1S/C18H20FNOS/c19-15-10-8-13(9-11-15)17(16-7-4-12-22-16)20-18(21)14-5-2-1-3-6-14/h4,7-12,14,17H,1-3,5-6H2,(H,20,21). The zero-order chi connectivity index (χ0) is 15.4. The normalized spacial score (nSPS) is 17.1. The maximum absolute atomic E-state index is 13.2. The molecule has 3 rings (SSSR count). The molecule has 2 aromatic rings. The molecule has 1 saturated carbocycles. The monoisotopic (exact) mass is 317 g/mol. The quantitative estimate of drug-likeness (QED) is 0.872. The number of amides is 1. The second-order valence-electron chi connectivity index (χ2n) is 5.84. The van der Waals surface area contributed by atoms with Gasteiger partial charge in [0.15, 0.2) is 0 Å². The number of rotatable bonds is 4. The predicted octanol–water partition coefficient (Wildman–Crippen LogP) is 4.67. The maximum Gasteiger partial charge on any atom is 0.223 e. The lowest BCUT2D eigenvalue weighted by atomic mass is 9.88. The fourth-order valence-corrected chi connectivity index (χ4v) is 3.86. The van der Waals surface area contributed by atoms with Gasteiger partial charge in [-0.1, -0.05) is 37.5 Å². The molecule has 0 aliphatic heterocycles. The minimum Gasteiger partial charge on any atom is -0.344 e. The van der Waals surface area contributed by atoms with Gasteiger partial charge in [-0.15, -0.1) is 11.3 Å². The van der Waals surface area contributed by atoms with Crippen LogP contribution in [0.15, 0.2) is 41.8 Å². The zero-order valence-electron chi connectivity index (χ0n) is 12.4. The van der Waals surface area contributed by atoms with Crippen LogP contribution in [0.25, 0.3) is 0 Å². The molecule has 1 aromatic carbocycles. The minimum absolute atomic E-state index is 0.122. The Bertz CT molecular complexity index is 603. The van der Waals surface area contributed by atoms with Crippen LogP contribution in [0.5, 0.6) is 0 Å². The molecule has 0 spiro atoms. The van der Waals surface area contributed by atoms with E-state index in [-0.39, 0.29) is 23.7 Å². The van der Waals surface area contributed by atoms with Crippen molar-refractivity contribution >= 4 is 17.2 Å². The molecule has 1 fully saturated rings. The van der Waals surface area contributed by atoms with Gasteiger partial charge in [-0.2, -0.15) is 0 Å². The molecule has 1 amide bonds. The summed E-state index contributed by atoms with van der Waals surface area (Å²) >= 11 is 1.61. The maximum atomic E-state index is 13.2. The molecule has 1 aliphatic carbocycles. The number of carbonyl (C=O) groups excluding carboxylic acids is 1. The average Bonchev–Trinajstić information content (AvgIpc) is 3.08. The summed E-state index contributed by atoms with van der Waals surface area (Å²) in [6.07, 6.45) is 5.46. The zero-order valence-corrected chi connectivity index (χ0v) is 13.2. The largest absolute Gasteiger partial charge is 0.344 e. The van der Waals surface area contributed by atoms with Crippen molar-refractivity contribution in [2.75, 3.05) is 0 Å². The van der Waals surface area contributed by atoms with E-state index < -0.39 is 0 Å². The highest BCUT2D eigenvalue weighted by atomic mass is 32.1. The van der Waals surface area contributed by atoms with Gasteiger partial charge < -0.3 is 5.32 Å². The number of thiophene rings is 1. The van der Waals surface area contributed by atoms with Crippen LogP contribution in [0.3, 0.4) is 0 Å². The lowest BCUT2D eigenvalue weighted by molar-refractivity contribution is -0.126. The third-order valence-electron chi connectivity index (χ3n) is 4.29. The molecule has 116 valence electrons. The lowest BCUT2D eigenvalue weighted by Gasteiger charge is -2.25. The smallest absolute Gasteiger partial charge is 0.223 e. The summed E-state index contributed by atoms with van der Waals surface area (Å²) in [6, 6.07) is 10.2. The summed E-state index contributed by atoms with van der Waals surface area (Å²) in [6.45, 7) is 0. The second kappa shape index (κ2) is 7.05. The summed E-state index contributed by atoms with van der Waals surface area (Å²) in [4.78, 5) is 13.6. The van der Waals surface area contributed by atoms with Gasteiger partial charge in [0.2, 0.25) is 5.91 Å². The van der Waals surface area contributed by atoms with E-state index in [4.69, 9.17) is 0 Å². The fourth-order valence-electron chi connectivity index (χ4n) is 3.05. The van der Waals surface area contributed by atoms with Crippen LogP contribution in [0.4, 0.5) is 4.39 Å². The highest BCUT2D eigenvalue weighted by Crippen LogP contribution is 2.29. The number of hydrogen-bond donors (Lipinski definition) is 1. The Morgan fingerprint density at radius 3 is 2.50 bits per heavy atom. The molecular formula is C18H20FNOS. The number of hydrogen-bond acceptors (Lipinski definition) is 2. The molecule has 4 heteroatoms. The first-order valence-electron chi connectivity index (χ1n) is 7.83. The Balaban J connectivity index is 1.79. The highest BCUT2D eigenvalue weighted by molar-refractivity contribution is 7.10. The molecule has 1 unspecified atom stereocenters.